The van der Waals surface area contributed by atoms with Gasteiger partial charge in [0.1, 0.15) is 4.88 Å². The van der Waals surface area contributed by atoms with Gasteiger partial charge in [0.15, 0.2) is 0 Å². The van der Waals surface area contributed by atoms with E-state index in [1.165, 1.54) is 30.9 Å². The summed E-state index contributed by atoms with van der Waals surface area (Å²) in [6, 6.07) is 1.62. The van der Waals surface area contributed by atoms with Crippen LogP contribution in [0.5, 0.6) is 0 Å². The van der Waals surface area contributed by atoms with Gasteiger partial charge in [0.2, 0.25) is 0 Å². The van der Waals surface area contributed by atoms with Gasteiger partial charge in [-0.05, 0) is 6.07 Å². The number of nitrogens with zero attached hydrogens (tertiary/aromatic N) is 1. The van der Waals surface area contributed by atoms with E-state index in [0.717, 1.165) is 0 Å². The summed E-state index contributed by atoms with van der Waals surface area (Å²) in [4.78, 5) is 15.6. The Morgan fingerprint density at radius 1 is 1.53 bits per heavy atom. The third-order valence-corrected chi connectivity index (χ3v) is 2.43. The monoisotopic (exact) mass is 255 g/mol. The summed E-state index contributed by atoms with van der Waals surface area (Å²) in [7, 11) is 1.33. The number of thiophene rings is 1. The van der Waals surface area contributed by atoms with E-state index >= 15 is 0 Å². The molecule has 0 aliphatic heterocycles. The van der Waals surface area contributed by atoms with Crippen LogP contribution in [-0.4, -0.2) is 19.3 Å². The van der Waals surface area contributed by atoms with E-state index in [2.05, 4.69) is 9.73 Å². The molecule has 0 aromatic carbocycles. The van der Waals surface area contributed by atoms with Crippen LogP contribution in [0.15, 0.2) is 28.3 Å². The summed E-state index contributed by atoms with van der Waals surface area (Å²) in [6.45, 7) is 4.00. The highest BCUT2D eigenvalue weighted by Crippen LogP contribution is 2.22. The molecule has 0 radical (unpaired) electrons. The van der Waals surface area contributed by atoms with E-state index in [4.69, 9.17) is 11.5 Å². The number of carbonyl (C=O) groups is 1. The highest BCUT2D eigenvalue weighted by molar-refractivity contribution is 7.12. The first kappa shape index (κ1) is 15.2. The molecule has 0 spiro atoms. The minimum atomic E-state index is -0.371. The Morgan fingerprint density at radius 2 is 2.18 bits per heavy atom. The molecule has 6 heteroatoms. The lowest BCUT2D eigenvalue weighted by Gasteiger charge is -1.91. The maximum Gasteiger partial charge on any atom is 0.348 e. The van der Waals surface area contributed by atoms with Crippen LogP contribution in [0.4, 0.5) is 5.69 Å². The van der Waals surface area contributed by atoms with Crippen LogP contribution in [0.3, 0.4) is 0 Å². The van der Waals surface area contributed by atoms with E-state index in [9.17, 15) is 4.79 Å². The maximum absolute atomic E-state index is 11.1. The van der Waals surface area contributed by atoms with Crippen LogP contribution in [-0.2, 0) is 4.74 Å². The predicted molar refractivity (Wildman–Crippen MR) is 71.6 cm³/mol. The molecule has 0 bridgehead atoms. The van der Waals surface area contributed by atoms with Crippen molar-refractivity contribution < 1.29 is 9.53 Å². The third kappa shape index (κ3) is 5.17. The summed E-state index contributed by atoms with van der Waals surface area (Å²) in [5.74, 6) is -0.371. The zero-order valence-corrected chi connectivity index (χ0v) is 11.0. The molecular weight excluding hydrogens is 238 g/mol. The van der Waals surface area contributed by atoms with E-state index in [0.29, 0.717) is 16.3 Å². The highest BCUT2D eigenvalue weighted by Gasteiger charge is 2.07. The van der Waals surface area contributed by atoms with Gasteiger partial charge in [0.05, 0.1) is 24.7 Å². The molecular formula is C11H17N3O2S. The second-order valence-electron chi connectivity index (χ2n) is 2.59. The molecule has 0 atom stereocenters. The van der Waals surface area contributed by atoms with Gasteiger partial charge in [-0.1, -0.05) is 13.8 Å². The molecule has 0 unspecified atom stereocenters. The van der Waals surface area contributed by atoms with E-state index < -0.39 is 0 Å². The van der Waals surface area contributed by atoms with Crippen LogP contribution < -0.4 is 11.5 Å². The highest BCUT2D eigenvalue weighted by atomic mass is 32.1. The summed E-state index contributed by atoms with van der Waals surface area (Å²) in [6.07, 6.45) is 2.67. The van der Waals surface area contributed by atoms with E-state index in [1.54, 1.807) is 11.4 Å². The third-order valence-electron chi connectivity index (χ3n) is 1.53. The molecule has 5 nitrogen and oxygen atoms in total. The first-order valence-corrected chi connectivity index (χ1v) is 5.93. The van der Waals surface area contributed by atoms with Crippen LogP contribution in [0, 0.1) is 0 Å². The molecule has 17 heavy (non-hydrogen) atoms. The van der Waals surface area contributed by atoms with Crippen molar-refractivity contribution in [3.8, 4) is 0 Å². The summed E-state index contributed by atoms with van der Waals surface area (Å²) in [5, 5.41) is 1.73. The Balaban J connectivity index is 0.00000121. The minimum absolute atomic E-state index is 0.362. The second-order valence-corrected chi connectivity index (χ2v) is 3.50. The Labute approximate surface area is 105 Å². The van der Waals surface area contributed by atoms with Crippen molar-refractivity contribution in [3.63, 3.8) is 0 Å². The van der Waals surface area contributed by atoms with Gasteiger partial charge in [0, 0.05) is 11.6 Å². The van der Waals surface area contributed by atoms with Crippen LogP contribution >= 0.6 is 11.3 Å². The van der Waals surface area contributed by atoms with Crippen molar-refractivity contribution in [2.24, 2.45) is 16.5 Å². The molecule has 4 N–H and O–H groups in total. The molecule has 0 saturated carbocycles. The lowest BCUT2D eigenvalue weighted by Crippen LogP contribution is -2.00. The fraction of sp³-hybridized carbons (Fsp3) is 0.273. The number of nitrogens with two attached hydrogens (primary N) is 2. The van der Waals surface area contributed by atoms with Crippen LogP contribution in [0.2, 0.25) is 0 Å². The molecule has 0 aliphatic rings. The number of allylic oxidation sites excluding steroid dienone is 1. The molecule has 1 aromatic heterocycles. The maximum atomic E-state index is 11.1. The number of hydrogen-bond acceptors (Lipinski definition) is 6. The number of aliphatic imine (C=N–C) groups is 1. The van der Waals surface area contributed by atoms with Gasteiger partial charge in [0.25, 0.3) is 0 Å². The predicted octanol–water partition coefficient (Wildman–Crippen LogP) is 2.02. The summed E-state index contributed by atoms with van der Waals surface area (Å²) < 4.78 is 4.56. The molecule has 1 heterocycles. The van der Waals surface area contributed by atoms with Crippen molar-refractivity contribution in [2.45, 2.75) is 13.8 Å². The van der Waals surface area contributed by atoms with Crippen LogP contribution in [0.1, 0.15) is 23.5 Å². The second kappa shape index (κ2) is 8.35. The number of carbonyl (C=O) groups excluding carboxylic acids is 1. The SMILES string of the molecule is CC.COC(=O)c1cc(N=C/C(N)=C\N)cs1. The lowest BCUT2D eigenvalue weighted by atomic mass is 10.4. The molecule has 0 fully saturated rings. The standard InChI is InChI=1S/C9H11N3O2S.C2H6/c1-14-9(13)8-2-7(5-15-8)12-4-6(11)3-10;1-2/h2-5H,10-11H2,1H3;1-2H3/b6-3+,12-4?;. The first-order chi connectivity index (χ1) is 8.17. The van der Waals surface area contributed by atoms with Crippen molar-refractivity contribution in [3.05, 3.63) is 28.2 Å². The largest absolute Gasteiger partial charge is 0.465 e. The Hall–Kier alpha value is -1.82. The topological polar surface area (TPSA) is 90.7 Å². The molecule has 1 aromatic rings. The number of hydrogen-bond donors (Lipinski definition) is 2. The molecule has 0 saturated heterocycles. The number of methoxy groups -OCH3 is 1. The average Bonchev–Trinajstić information content (AvgIpc) is 2.86. The van der Waals surface area contributed by atoms with Gasteiger partial charge in [-0.25, -0.2) is 4.79 Å². The average molecular weight is 255 g/mol. The smallest absolute Gasteiger partial charge is 0.348 e. The van der Waals surface area contributed by atoms with Gasteiger partial charge < -0.3 is 16.2 Å². The quantitative estimate of drug-likeness (QED) is 0.638. The van der Waals surface area contributed by atoms with E-state index in [-0.39, 0.29) is 5.97 Å². The molecule has 1 rings (SSSR count). The fourth-order valence-electron chi connectivity index (χ4n) is 0.794. The number of esters is 1. The Morgan fingerprint density at radius 3 is 2.71 bits per heavy atom. The van der Waals surface area contributed by atoms with Crippen molar-refractivity contribution in [1.29, 1.82) is 0 Å². The normalized spacial score (nSPS) is 10.9. The van der Waals surface area contributed by atoms with Gasteiger partial charge in [-0.3, -0.25) is 4.99 Å². The minimum Gasteiger partial charge on any atom is -0.465 e. The molecule has 0 amide bonds. The summed E-state index contributed by atoms with van der Waals surface area (Å²) in [5.41, 5.74) is 11.6. The number of rotatable bonds is 3. The van der Waals surface area contributed by atoms with Gasteiger partial charge >= 0.3 is 5.97 Å². The van der Waals surface area contributed by atoms with E-state index in [1.807, 2.05) is 13.8 Å². The van der Waals surface area contributed by atoms with Gasteiger partial charge in [-0.15, -0.1) is 11.3 Å². The van der Waals surface area contributed by atoms with Crippen LogP contribution in [0.25, 0.3) is 0 Å². The molecule has 0 aliphatic carbocycles. The van der Waals surface area contributed by atoms with Gasteiger partial charge in [-0.2, -0.15) is 0 Å². The number of ether oxygens (including phenoxy) is 1. The Bertz CT molecular complexity index is 411. The lowest BCUT2D eigenvalue weighted by molar-refractivity contribution is 0.0606. The Kier molecular flexibility index (Phi) is 7.45. The zero-order valence-electron chi connectivity index (χ0n) is 10.1. The van der Waals surface area contributed by atoms with Crippen molar-refractivity contribution in [1.82, 2.24) is 0 Å². The first-order valence-electron chi connectivity index (χ1n) is 5.05. The fourth-order valence-corrected chi connectivity index (χ4v) is 1.54. The summed E-state index contributed by atoms with van der Waals surface area (Å²) >= 11 is 1.26. The van der Waals surface area contributed by atoms with Crippen molar-refractivity contribution >= 4 is 29.2 Å². The van der Waals surface area contributed by atoms with Crippen molar-refractivity contribution in [2.75, 3.05) is 7.11 Å². The zero-order chi connectivity index (χ0) is 13.3. The molecule has 94 valence electrons.